The van der Waals surface area contributed by atoms with E-state index < -0.39 is 0 Å². The van der Waals surface area contributed by atoms with Crippen LogP contribution in [0.15, 0.2) is 24.3 Å². The Labute approximate surface area is 100 Å². The second-order valence-electron chi connectivity index (χ2n) is 4.01. The van der Waals surface area contributed by atoms with Crippen LogP contribution < -0.4 is 11.1 Å². The fourth-order valence-electron chi connectivity index (χ4n) is 1.66. The molecule has 1 aromatic heterocycles. The number of rotatable bonds is 4. The van der Waals surface area contributed by atoms with E-state index in [1.54, 1.807) is 0 Å². The third-order valence-corrected chi connectivity index (χ3v) is 2.74. The van der Waals surface area contributed by atoms with Crippen LogP contribution in [0.2, 0.25) is 0 Å². The van der Waals surface area contributed by atoms with Crippen molar-refractivity contribution in [3.05, 3.63) is 35.4 Å². The topological polar surface area (TPSA) is 79.6 Å². The highest BCUT2D eigenvalue weighted by Gasteiger charge is 2.07. The Morgan fingerprint density at radius 2 is 2.06 bits per heavy atom. The number of aromatic amines is 1. The van der Waals surface area contributed by atoms with Crippen LogP contribution in [0.1, 0.15) is 31.0 Å². The van der Waals surface area contributed by atoms with Crippen LogP contribution in [0.25, 0.3) is 0 Å². The molecule has 1 unspecified atom stereocenters. The highest BCUT2D eigenvalue weighted by molar-refractivity contribution is 5.35. The van der Waals surface area contributed by atoms with Gasteiger partial charge in [0, 0.05) is 0 Å². The molecule has 5 heteroatoms. The average molecular weight is 231 g/mol. The van der Waals surface area contributed by atoms with Crippen molar-refractivity contribution in [3.8, 4) is 0 Å². The van der Waals surface area contributed by atoms with Crippen LogP contribution in [0.4, 0.5) is 11.9 Å². The van der Waals surface area contributed by atoms with Crippen molar-refractivity contribution in [3.63, 3.8) is 0 Å². The summed E-state index contributed by atoms with van der Waals surface area (Å²) in [6.45, 7) is 4.21. The Morgan fingerprint density at radius 3 is 2.59 bits per heavy atom. The maximum Gasteiger partial charge on any atom is 0.244 e. The molecular weight excluding hydrogens is 214 g/mol. The molecule has 17 heavy (non-hydrogen) atoms. The zero-order chi connectivity index (χ0) is 12.3. The molecule has 0 radical (unpaired) electrons. The van der Waals surface area contributed by atoms with Crippen molar-refractivity contribution in [1.82, 2.24) is 15.2 Å². The van der Waals surface area contributed by atoms with Crippen molar-refractivity contribution < 1.29 is 0 Å². The van der Waals surface area contributed by atoms with Gasteiger partial charge in [-0.15, -0.1) is 5.10 Å². The normalized spacial score (nSPS) is 12.4. The summed E-state index contributed by atoms with van der Waals surface area (Å²) in [6, 6.07) is 8.66. The summed E-state index contributed by atoms with van der Waals surface area (Å²) >= 11 is 0. The Morgan fingerprint density at radius 1 is 1.35 bits per heavy atom. The van der Waals surface area contributed by atoms with E-state index in [9.17, 15) is 0 Å². The molecule has 1 aromatic carbocycles. The average Bonchev–Trinajstić information content (AvgIpc) is 2.75. The molecule has 0 spiro atoms. The first-order valence-corrected chi connectivity index (χ1v) is 5.72. The van der Waals surface area contributed by atoms with Crippen molar-refractivity contribution in [2.24, 2.45) is 0 Å². The Hall–Kier alpha value is -2.04. The third kappa shape index (κ3) is 2.75. The minimum absolute atomic E-state index is 0.149. The zero-order valence-corrected chi connectivity index (χ0v) is 10.1. The van der Waals surface area contributed by atoms with E-state index in [1.807, 2.05) is 0 Å². The second kappa shape index (κ2) is 4.86. The second-order valence-corrected chi connectivity index (χ2v) is 4.01. The lowest BCUT2D eigenvalue weighted by Crippen LogP contribution is -2.07. The molecule has 0 aliphatic heterocycles. The van der Waals surface area contributed by atoms with E-state index >= 15 is 0 Å². The predicted molar refractivity (Wildman–Crippen MR) is 68.7 cm³/mol. The lowest BCUT2D eigenvalue weighted by Gasteiger charge is -2.12. The monoisotopic (exact) mass is 231 g/mol. The van der Waals surface area contributed by atoms with Gasteiger partial charge in [0.1, 0.15) is 0 Å². The summed E-state index contributed by atoms with van der Waals surface area (Å²) in [5, 5.41) is 9.72. The summed E-state index contributed by atoms with van der Waals surface area (Å²) < 4.78 is 0. The standard InChI is InChI=1S/C12H17N5/c1-3-9-4-6-10(7-5-9)8(2)14-12-15-11(13)16-17-12/h4-8H,3H2,1-2H3,(H4,13,14,15,16,17). The Bertz CT molecular complexity index is 474. The summed E-state index contributed by atoms with van der Waals surface area (Å²) in [7, 11) is 0. The number of nitrogens with one attached hydrogen (secondary N) is 2. The molecule has 0 aliphatic rings. The molecule has 5 nitrogen and oxygen atoms in total. The van der Waals surface area contributed by atoms with Gasteiger partial charge in [0.05, 0.1) is 6.04 Å². The molecule has 1 heterocycles. The van der Waals surface area contributed by atoms with Gasteiger partial charge in [0.25, 0.3) is 0 Å². The van der Waals surface area contributed by atoms with Gasteiger partial charge >= 0.3 is 0 Å². The first-order chi connectivity index (χ1) is 8.19. The van der Waals surface area contributed by atoms with Gasteiger partial charge in [-0.25, -0.2) is 5.10 Å². The number of nitrogen functional groups attached to an aromatic ring is 1. The highest BCUT2D eigenvalue weighted by atomic mass is 15.3. The summed E-state index contributed by atoms with van der Waals surface area (Å²) in [6.07, 6.45) is 1.06. The fraction of sp³-hybridized carbons (Fsp3) is 0.333. The minimum atomic E-state index is 0.149. The number of hydrogen-bond acceptors (Lipinski definition) is 4. The van der Waals surface area contributed by atoms with Crippen LogP contribution in [0.3, 0.4) is 0 Å². The fourth-order valence-corrected chi connectivity index (χ4v) is 1.66. The summed E-state index contributed by atoms with van der Waals surface area (Å²) in [5.41, 5.74) is 8.00. The maximum atomic E-state index is 5.46. The lowest BCUT2D eigenvalue weighted by atomic mass is 10.1. The van der Waals surface area contributed by atoms with Gasteiger partial charge < -0.3 is 11.1 Å². The highest BCUT2D eigenvalue weighted by Crippen LogP contribution is 2.17. The van der Waals surface area contributed by atoms with Gasteiger partial charge in [-0.2, -0.15) is 4.98 Å². The van der Waals surface area contributed by atoms with Gasteiger partial charge in [0.15, 0.2) is 0 Å². The zero-order valence-electron chi connectivity index (χ0n) is 10.1. The van der Waals surface area contributed by atoms with Crippen molar-refractivity contribution >= 4 is 11.9 Å². The van der Waals surface area contributed by atoms with Gasteiger partial charge in [-0.05, 0) is 24.5 Å². The van der Waals surface area contributed by atoms with Crippen LogP contribution in [0, 0.1) is 0 Å². The van der Waals surface area contributed by atoms with E-state index in [0.29, 0.717) is 11.9 Å². The van der Waals surface area contributed by atoms with E-state index in [4.69, 9.17) is 5.73 Å². The number of nitrogens with zero attached hydrogens (tertiary/aromatic N) is 2. The van der Waals surface area contributed by atoms with Gasteiger partial charge in [0.2, 0.25) is 11.9 Å². The molecule has 0 fully saturated rings. The molecule has 0 aliphatic carbocycles. The van der Waals surface area contributed by atoms with Crippen molar-refractivity contribution in [1.29, 1.82) is 0 Å². The first-order valence-electron chi connectivity index (χ1n) is 5.72. The largest absolute Gasteiger partial charge is 0.368 e. The number of anilines is 2. The van der Waals surface area contributed by atoms with Crippen LogP contribution in [-0.2, 0) is 6.42 Å². The van der Waals surface area contributed by atoms with Crippen LogP contribution in [0.5, 0.6) is 0 Å². The molecule has 0 amide bonds. The molecule has 0 bridgehead atoms. The van der Waals surface area contributed by atoms with Gasteiger partial charge in [-0.1, -0.05) is 31.2 Å². The van der Waals surface area contributed by atoms with Gasteiger partial charge in [-0.3, -0.25) is 0 Å². The summed E-state index contributed by atoms with van der Waals surface area (Å²) in [5.74, 6) is 0.843. The molecule has 2 rings (SSSR count). The van der Waals surface area contributed by atoms with Crippen molar-refractivity contribution in [2.45, 2.75) is 26.3 Å². The Kier molecular flexibility index (Phi) is 3.27. The number of H-pyrrole nitrogens is 1. The van der Waals surface area contributed by atoms with E-state index in [-0.39, 0.29) is 6.04 Å². The first kappa shape index (κ1) is 11.4. The molecule has 0 saturated heterocycles. The SMILES string of the molecule is CCc1ccc(C(C)Nc2n[nH]c(N)n2)cc1. The smallest absolute Gasteiger partial charge is 0.244 e. The molecular formula is C12H17N5. The van der Waals surface area contributed by atoms with E-state index in [0.717, 1.165) is 6.42 Å². The lowest BCUT2D eigenvalue weighted by molar-refractivity contribution is 0.861. The van der Waals surface area contributed by atoms with Crippen LogP contribution >= 0.6 is 0 Å². The molecule has 4 N–H and O–H groups in total. The van der Waals surface area contributed by atoms with E-state index in [1.165, 1.54) is 11.1 Å². The Balaban J connectivity index is 2.06. The molecule has 0 saturated carbocycles. The van der Waals surface area contributed by atoms with Crippen molar-refractivity contribution in [2.75, 3.05) is 11.1 Å². The quantitative estimate of drug-likeness (QED) is 0.753. The number of hydrogen-bond donors (Lipinski definition) is 3. The minimum Gasteiger partial charge on any atom is -0.368 e. The molecule has 1 atom stereocenters. The maximum absolute atomic E-state index is 5.46. The number of nitrogens with two attached hydrogens (primary N) is 1. The summed E-state index contributed by atoms with van der Waals surface area (Å²) in [4.78, 5) is 4.01. The predicted octanol–water partition coefficient (Wildman–Crippen LogP) is 2.12. The molecule has 2 aromatic rings. The number of benzene rings is 1. The molecule has 90 valence electrons. The van der Waals surface area contributed by atoms with E-state index in [2.05, 4.69) is 58.6 Å². The number of aryl methyl sites for hydroxylation is 1. The number of aromatic nitrogens is 3. The third-order valence-electron chi connectivity index (χ3n) is 2.74. The van der Waals surface area contributed by atoms with Crippen LogP contribution in [-0.4, -0.2) is 15.2 Å².